The highest BCUT2D eigenvalue weighted by Gasteiger charge is 2.29. The minimum absolute atomic E-state index is 0.0949. The van der Waals surface area contributed by atoms with Gasteiger partial charge in [0.15, 0.2) is 0 Å². The molecule has 0 spiro atoms. The van der Waals surface area contributed by atoms with Crippen molar-refractivity contribution in [1.29, 1.82) is 0 Å². The molecule has 5 nitrogen and oxygen atoms in total. The Morgan fingerprint density at radius 1 is 0.769 bits per heavy atom. The van der Waals surface area contributed by atoms with E-state index in [1.165, 1.54) is 23.4 Å². The van der Waals surface area contributed by atoms with Gasteiger partial charge < -0.3 is 14.7 Å². The minimum atomic E-state index is -4.28. The van der Waals surface area contributed by atoms with E-state index in [1.807, 2.05) is 4.90 Å². The molecule has 39 heavy (non-hydrogen) atoms. The summed E-state index contributed by atoms with van der Waals surface area (Å²) in [6.45, 7) is 14.5. The molecule has 0 N–H and O–H groups in total. The lowest BCUT2D eigenvalue weighted by atomic mass is 9.87. The fraction of sp³-hybridized carbons (Fsp3) is 0.567. The number of anilines is 2. The molecule has 2 aromatic carbocycles. The molecule has 2 aliphatic heterocycles. The van der Waals surface area contributed by atoms with Gasteiger partial charge in [0, 0.05) is 75.0 Å². The van der Waals surface area contributed by atoms with Crippen LogP contribution in [-0.2, 0) is 10.2 Å². The molecule has 0 bridgehead atoms. The maximum Gasteiger partial charge on any atom is 0.446 e. The number of hydrogen-bond acceptors (Lipinski definition) is 5. The molecular formula is C30H41F3N4OS. The molecule has 1 amide bonds. The Hall–Kier alpha value is -2.39. The van der Waals surface area contributed by atoms with Gasteiger partial charge in [-0.3, -0.25) is 9.69 Å². The highest BCUT2D eigenvalue weighted by molar-refractivity contribution is 8.00. The van der Waals surface area contributed by atoms with Gasteiger partial charge in [-0.15, -0.1) is 0 Å². The Labute approximate surface area is 235 Å². The number of nitrogens with zero attached hydrogens (tertiary/aromatic N) is 4. The van der Waals surface area contributed by atoms with Crippen LogP contribution in [0.4, 0.5) is 24.5 Å². The highest BCUT2D eigenvalue weighted by atomic mass is 32.2. The average molecular weight is 563 g/mol. The van der Waals surface area contributed by atoms with Crippen molar-refractivity contribution in [3.63, 3.8) is 0 Å². The summed E-state index contributed by atoms with van der Waals surface area (Å²) in [5.74, 6) is 0.200. The van der Waals surface area contributed by atoms with Crippen LogP contribution in [0.1, 0.15) is 45.6 Å². The minimum Gasteiger partial charge on any atom is -0.370 e. The lowest BCUT2D eigenvalue weighted by Crippen LogP contribution is -2.46. The second kappa shape index (κ2) is 12.9. The number of rotatable bonds is 7. The lowest BCUT2D eigenvalue weighted by Gasteiger charge is -2.36. The van der Waals surface area contributed by atoms with Gasteiger partial charge in [0.1, 0.15) is 0 Å². The van der Waals surface area contributed by atoms with E-state index in [-0.39, 0.29) is 28.0 Å². The summed E-state index contributed by atoms with van der Waals surface area (Å²) in [5, 5.41) is 0. The van der Waals surface area contributed by atoms with Crippen molar-refractivity contribution in [3.8, 4) is 0 Å². The van der Waals surface area contributed by atoms with Crippen LogP contribution in [-0.4, -0.2) is 80.1 Å². The van der Waals surface area contributed by atoms with Gasteiger partial charge in [0.05, 0.1) is 0 Å². The highest BCUT2D eigenvalue weighted by Crippen LogP contribution is 2.37. The molecule has 2 aromatic rings. The van der Waals surface area contributed by atoms with E-state index in [9.17, 15) is 18.0 Å². The SMILES string of the molecule is CC(C)(C)c1ccc(N2CCN(CCCC(=O)N3CCCN(c4ccc(SC(F)(F)F)cc4)CC3)CC2)cc1. The van der Waals surface area contributed by atoms with Crippen molar-refractivity contribution in [3.05, 3.63) is 54.1 Å². The Morgan fingerprint density at radius 2 is 1.33 bits per heavy atom. The summed E-state index contributed by atoms with van der Waals surface area (Å²) >= 11 is -0.0949. The third-order valence-electron chi connectivity index (χ3n) is 7.62. The number of thioether (sulfide) groups is 1. The lowest BCUT2D eigenvalue weighted by molar-refractivity contribution is -0.131. The van der Waals surface area contributed by atoms with E-state index in [4.69, 9.17) is 0 Å². The first-order chi connectivity index (χ1) is 18.5. The van der Waals surface area contributed by atoms with Crippen LogP contribution in [0.3, 0.4) is 0 Å². The Morgan fingerprint density at radius 3 is 1.92 bits per heavy atom. The van der Waals surface area contributed by atoms with E-state index in [1.54, 1.807) is 12.1 Å². The van der Waals surface area contributed by atoms with Crippen molar-refractivity contribution < 1.29 is 18.0 Å². The third-order valence-corrected chi connectivity index (χ3v) is 8.36. The van der Waals surface area contributed by atoms with Crippen molar-refractivity contribution in [2.24, 2.45) is 0 Å². The molecule has 0 atom stereocenters. The Bertz CT molecular complexity index is 1060. The molecule has 2 saturated heterocycles. The number of halogens is 3. The smallest absolute Gasteiger partial charge is 0.370 e. The number of carbonyl (C=O) groups excluding carboxylic acids is 1. The van der Waals surface area contributed by atoms with Crippen molar-refractivity contribution in [2.45, 2.75) is 55.9 Å². The van der Waals surface area contributed by atoms with Gasteiger partial charge in [-0.25, -0.2) is 0 Å². The second-order valence-electron chi connectivity index (χ2n) is 11.5. The zero-order valence-corrected chi connectivity index (χ0v) is 24.2. The van der Waals surface area contributed by atoms with Crippen LogP contribution in [0.5, 0.6) is 0 Å². The van der Waals surface area contributed by atoms with Gasteiger partial charge in [0.2, 0.25) is 5.91 Å². The van der Waals surface area contributed by atoms with Crippen molar-refractivity contribution >= 4 is 29.0 Å². The van der Waals surface area contributed by atoms with Gasteiger partial charge in [-0.1, -0.05) is 32.9 Å². The summed E-state index contributed by atoms with van der Waals surface area (Å²) in [4.78, 5) is 22.1. The van der Waals surface area contributed by atoms with Crippen molar-refractivity contribution in [2.75, 3.05) is 68.7 Å². The molecule has 214 valence electrons. The van der Waals surface area contributed by atoms with Crippen LogP contribution < -0.4 is 9.80 Å². The van der Waals surface area contributed by atoms with E-state index in [2.05, 4.69) is 59.7 Å². The van der Waals surface area contributed by atoms with Gasteiger partial charge in [-0.2, -0.15) is 13.2 Å². The number of amides is 1. The fourth-order valence-electron chi connectivity index (χ4n) is 5.30. The summed E-state index contributed by atoms with van der Waals surface area (Å²) in [6.07, 6.45) is 2.26. The quantitative estimate of drug-likeness (QED) is 0.373. The number of benzene rings is 2. The predicted molar refractivity (Wildman–Crippen MR) is 155 cm³/mol. The Balaban J connectivity index is 1.16. The van der Waals surface area contributed by atoms with E-state index < -0.39 is 5.51 Å². The van der Waals surface area contributed by atoms with Crippen LogP contribution >= 0.6 is 11.8 Å². The summed E-state index contributed by atoms with van der Waals surface area (Å²) < 4.78 is 37.8. The first-order valence-electron chi connectivity index (χ1n) is 13.9. The van der Waals surface area contributed by atoms with E-state index >= 15 is 0 Å². The largest absolute Gasteiger partial charge is 0.446 e. The molecule has 0 radical (unpaired) electrons. The zero-order chi connectivity index (χ0) is 28.0. The maximum atomic E-state index is 12.9. The molecule has 0 aliphatic carbocycles. The number of alkyl halides is 3. The van der Waals surface area contributed by atoms with Crippen LogP contribution in [0.15, 0.2) is 53.4 Å². The molecule has 2 fully saturated rings. The number of carbonyl (C=O) groups is 1. The third kappa shape index (κ3) is 8.80. The number of piperazine rings is 1. The molecule has 4 rings (SSSR count). The maximum absolute atomic E-state index is 12.9. The van der Waals surface area contributed by atoms with E-state index in [0.29, 0.717) is 19.5 Å². The predicted octanol–water partition coefficient (Wildman–Crippen LogP) is 6.24. The van der Waals surface area contributed by atoms with Gasteiger partial charge in [-0.05, 0) is 78.5 Å². The second-order valence-corrected chi connectivity index (χ2v) is 12.6. The molecule has 2 heterocycles. The molecule has 2 aliphatic rings. The first kappa shape index (κ1) is 29.6. The normalized spacial score (nSPS) is 17.8. The van der Waals surface area contributed by atoms with Gasteiger partial charge in [0.25, 0.3) is 0 Å². The monoisotopic (exact) mass is 562 g/mol. The Kier molecular flexibility index (Phi) is 9.75. The van der Waals surface area contributed by atoms with Crippen LogP contribution in [0.2, 0.25) is 0 Å². The molecule has 9 heteroatoms. The molecule has 0 unspecified atom stereocenters. The molecule has 0 aromatic heterocycles. The molecular weight excluding hydrogens is 521 g/mol. The van der Waals surface area contributed by atoms with Crippen LogP contribution in [0.25, 0.3) is 0 Å². The molecule has 0 saturated carbocycles. The summed E-state index contributed by atoms with van der Waals surface area (Å²) in [5.41, 5.74) is -0.582. The van der Waals surface area contributed by atoms with E-state index in [0.717, 1.165) is 64.3 Å². The van der Waals surface area contributed by atoms with Gasteiger partial charge >= 0.3 is 5.51 Å². The first-order valence-corrected chi connectivity index (χ1v) is 14.8. The topological polar surface area (TPSA) is 30.0 Å². The van der Waals surface area contributed by atoms with Crippen molar-refractivity contribution in [1.82, 2.24) is 9.80 Å². The zero-order valence-electron chi connectivity index (χ0n) is 23.3. The average Bonchev–Trinajstić information content (AvgIpc) is 3.15. The van der Waals surface area contributed by atoms with Crippen LogP contribution in [0, 0.1) is 0 Å². The standard InChI is InChI=1S/C30H41F3N4OS/c1-29(2,3)24-7-9-25(10-8-24)36-20-18-34(19-21-36)15-4-6-28(38)37-17-5-16-35(22-23-37)26-11-13-27(14-12-26)39-30(31,32)33/h7-14H,4-6,15-23H2,1-3H3. The summed E-state index contributed by atoms with van der Waals surface area (Å²) in [6, 6.07) is 15.5. The summed E-state index contributed by atoms with van der Waals surface area (Å²) in [7, 11) is 0. The number of hydrogen-bond donors (Lipinski definition) is 0. The fourth-order valence-corrected chi connectivity index (χ4v) is 5.84.